The standard InChI is InChI=1S/C9H21N3O/c1-7(2)12(4)6-5-11-8(3)9(10)13/h7-8,11H,5-6H2,1-4H3,(H2,10,13). The monoisotopic (exact) mass is 187 g/mol. The molecule has 0 saturated carbocycles. The summed E-state index contributed by atoms with van der Waals surface area (Å²) < 4.78 is 0. The second kappa shape index (κ2) is 5.94. The zero-order chi connectivity index (χ0) is 10.4. The SMILES string of the molecule is CC(NCCN(C)C(C)C)C(N)=O. The average molecular weight is 187 g/mol. The van der Waals surface area contributed by atoms with E-state index in [1.54, 1.807) is 6.92 Å². The molecular formula is C9H21N3O. The molecule has 1 amide bonds. The highest BCUT2D eigenvalue weighted by molar-refractivity contribution is 5.79. The first-order valence-electron chi connectivity index (χ1n) is 4.68. The van der Waals surface area contributed by atoms with Crippen molar-refractivity contribution in [2.45, 2.75) is 32.9 Å². The van der Waals surface area contributed by atoms with Crippen LogP contribution in [0, 0.1) is 0 Å². The van der Waals surface area contributed by atoms with Gasteiger partial charge in [0.05, 0.1) is 6.04 Å². The van der Waals surface area contributed by atoms with E-state index in [4.69, 9.17) is 5.73 Å². The van der Waals surface area contributed by atoms with Crippen molar-refractivity contribution in [3.05, 3.63) is 0 Å². The van der Waals surface area contributed by atoms with E-state index in [-0.39, 0.29) is 11.9 Å². The molecular weight excluding hydrogens is 166 g/mol. The highest BCUT2D eigenvalue weighted by Crippen LogP contribution is 1.91. The first-order chi connectivity index (χ1) is 5.95. The lowest BCUT2D eigenvalue weighted by molar-refractivity contribution is -0.119. The van der Waals surface area contributed by atoms with Crippen molar-refractivity contribution in [3.8, 4) is 0 Å². The zero-order valence-corrected chi connectivity index (χ0v) is 9.00. The summed E-state index contributed by atoms with van der Waals surface area (Å²) in [5.74, 6) is -0.299. The lowest BCUT2D eigenvalue weighted by atomic mass is 10.3. The zero-order valence-electron chi connectivity index (χ0n) is 9.00. The third-order valence-electron chi connectivity index (χ3n) is 2.22. The quantitative estimate of drug-likeness (QED) is 0.605. The third kappa shape index (κ3) is 5.60. The molecule has 0 aromatic rings. The minimum absolute atomic E-state index is 0.236. The van der Waals surface area contributed by atoms with Crippen molar-refractivity contribution in [3.63, 3.8) is 0 Å². The number of amides is 1. The summed E-state index contributed by atoms with van der Waals surface area (Å²) in [4.78, 5) is 12.9. The molecule has 4 nitrogen and oxygen atoms in total. The van der Waals surface area contributed by atoms with Crippen LogP contribution in [0.1, 0.15) is 20.8 Å². The smallest absolute Gasteiger partial charge is 0.234 e. The average Bonchev–Trinajstić information content (AvgIpc) is 2.03. The van der Waals surface area contributed by atoms with Crippen LogP contribution in [-0.2, 0) is 4.79 Å². The van der Waals surface area contributed by atoms with Gasteiger partial charge in [-0.25, -0.2) is 0 Å². The predicted octanol–water partition coefficient (Wildman–Crippen LogP) is -0.210. The molecule has 0 rings (SSSR count). The van der Waals surface area contributed by atoms with Gasteiger partial charge in [-0.15, -0.1) is 0 Å². The summed E-state index contributed by atoms with van der Waals surface area (Å²) in [6, 6.07) is 0.297. The normalized spacial score (nSPS) is 13.7. The first-order valence-corrected chi connectivity index (χ1v) is 4.68. The van der Waals surface area contributed by atoms with Crippen molar-refractivity contribution in [2.24, 2.45) is 5.73 Å². The molecule has 0 aliphatic carbocycles. The van der Waals surface area contributed by atoms with Gasteiger partial charge in [-0.3, -0.25) is 4.79 Å². The maximum Gasteiger partial charge on any atom is 0.234 e. The number of nitrogens with one attached hydrogen (secondary N) is 1. The van der Waals surface area contributed by atoms with Crippen LogP contribution in [-0.4, -0.2) is 43.0 Å². The van der Waals surface area contributed by atoms with Crippen molar-refractivity contribution < 1.29 is 4.79 Å². The summed E-state index contributed by atoms with van der Waals surface area (Å²) in [7, 11) is 2.06. The minimum atomic E-state index is -0.299. The van der Waals surface area contributed by atoms with Crippen LogP contribution in [0.25, 0.3) is 0 Å². The molecule has 0 aromatic heterocycles. The first kappa shape index (κ1) is 12.4. The van der Waals surface area contributed by atoms with E-state index in [9.17, 15) is 4.79 Å². The molecule has 0 saturated heterocycles. The molecule has 1 unspecified atom stereocenters. The molecule has 1 atom stereocenters. The maximum absolute atomic E-state index is 10.7. The summed E-state index contributed by atoms with van der Waals surface area (Å²) in [5, 5.41) is 3.05. The lowest BCUT2D eigenvalue weighted by Gasteiger charge is -2.21. The Morgan fingerprint density at radius 2 is 2.00 bits per heavy atom. The van der Waals surface area contributed by atoms with Crippen LogP contribution in [0.4, 0.5) is 0 Å². The Kier molecular flexibility index (Phi) is 5.66. The van der Waals surface area contributed by atoms with Crippen molar-refractivity contribution in [2.75, 3.05) is 20.1 Å². The fourth-order valence-electron chi connectivity index (χ4n) is 0.816. The number of nitrogens with two attached hydrogens (primary N) is 1. The Bertz CT molecular complexity index is 159. The molecule has 0 bridgehead atoms. The molecule has 4 heteroatoms. The van der Waals surface area contributed by atoms with Gasteiger partial charge in [-0.2, -0.15) is 0 Å². The fourth-order valence-corrected chi connectivity index (χ4v) is 0.816. The molecule has 0 radical (unpaired) electrons. The van der Waals surface area contributed by atoms with Gasteiger partial charge in [0.2, 0.25) is 5.91 Å². The molecule has 0 aliphatic rings. The van der Waals surface area contributed by atoms with E-state index in [0.717, 1.165) is 13.1 Å². The highest BCUT2D eigenvalue weighted by atomic mass is 16.1. The molecule has 0 spiro atoms. The summed E-state index contributed by atoms with van der Waals surface area (Å²) in [6.45, 7) is 7.76. The van der Waals surface area contributed by atoms with Gasteiger partial charge in [0.15, 0.2) is 0 Å². The molecule has 0 fully saturated rings. The fraction of sp³-hybridized carbons (Fsp3) is 0.889. The number of hydrogen-bond donors (Lipinski definition) is 2. The molecule has 13 heavy (non-hydrogen) atoms. The molecule has 78 valence electrons. The summed E-state index contributed by atoms with van der Waals surface area (Å²) in [5.41, 5.74) is 5.10. The Labute approximate surface area is 80.5 Å². The number of nitrogens with zero attached hydrogens (tertiary/aromatic N) is 1. The number of likely N-dealkylation sites (N-methyl/N-ethyl adjacent to an activating group) is 1. The number of carbonyl (C=O) groups is 1. The number of rotatable bonds is 6. The topological polar surface area (TPSA) is 58.4 Å². The van der Waals surface area contributed by atoms with Gasteiger partial charge in [0.1, 0.15) is 0 Å². The van der Waals surface area contributed by atoms with Gasteiger partial charge < -0.3 is 16.0 Å². The highest BCUT2D eigenvalue weighted by Gasteiger charge is 2.07. The lowest BCUT2D eigenvalue weighted by Crippen LogP contribution is -2.42. The number of carbonyl (C=O) groups excluding carboxylic acids is 1. The summed E-state index contributed by atoms with van der Waals surface area (Å²) >= 11 is 0. The minimum Gasteiger partial charge on any atom is -0.368 e. The van der Waals surface area contributed by atoms with Crippen LogP contribution in [0.5, 0.6) is 0 Å². The van der Waals surface area contributed by atoms with Crippen LogP contribution in [0.2, 0.25) is 0 Å². The van der Waals surface area contributed by atoms with E-state index >= 15 is 0 Å². The van der Waals surface area contributed by atoms with Gasteiger partial charge in [0, 0.05) is 19.1 Å². The van der Waals surface area contributed by atoms with E-state index in [0.29, 0.717) is 6.04 Å². The van der Waals surface area contributed by atoms with Crippen molar-refractivity contribution in [1.82, 2.24) is 10.2 Å². The molecule has 0 aromatic carbocycles. The maximum atomic E-state index is 10.7. The van der Waals surface area contributed by atoms with Crippen molar-refractivity contribution >= 4 is 5.91 Å². The largest absolute Gasteiger partial charge is 0.368 e. The van der Waals surface area contributed by atoms with Gasteiger partial charge >= 0.3 is 0 Å². The number of hydrogen-bond acceptors (Lipinski definition) is 3. The Morgan fingerprint density at radius 1 is 1.46 bits per heavy atom. The summed E-state index contributed by atoms with van der Waals surface area (Å²) in [6.07, 6.45) is 0. The van der Waals surface area contributed by atoms with E-state index in [2.05, 4.69) is 31.1 Å². The van der Waals surface area contributed by atoms with Crippen LogP contribution < -0.4 is 11.1 Å². The predicted molar refractivity (Wildman–Crippen MR) is 54.4 cm³/mol. The van der Waals surface area contributed by atoms with Gasteiger partial charge in [0.25, 0.3) is 0 Å². The van der Waals surface area contributed by atoms with Crippen LogP contribution in [0.15, 0.2) is 0 Å². The van der Waals surface area contributed by atoms with Gasteiger partial charge in [-0.05, 0) is 27.8 Å². The molecule has 0 aliphatic heterocycles. The number of primary amides is 1. The van der Waals surface area contributed by atoms with E-state index in [1.165, 1.54) is 0 Å². The Balaban J connectivity index is 3.50. The van der Waals surface area contributed by atoms with Crippen LogP contribution >= 0.6 is 0 Å². The Hall–Kier alpha value is -0.610. The van der Waals surface area contributed by atoms with Crippen molar-refractivity contribution in [1.29, 1.82) is 0 Å². The Morgan fingerprint density at radius 3 is 2.38 bits per heavy atom. The van der Waals surface area contributed by atoms with E-state index in [1.807, 2.05) is 0 Å². The second-order valence-electron chi connectivity index (χ2n) is 3.65. The third-order valence-corrected chi connectivity index (χ3v) is 2.22. The second-order valence-corrected chi connectivity index (χ2v) is 3.65. The van der Waals surface area contributed by atoms with Gasteiger partial charge in [-0.1, -0.05) is 0 Å². The van der Waals surface area contributed by atoms with Crippen LogP contribution in [0.3, 0.4) is 0 Å². The molecule has 3 N–H and O–H groups in total. The molecule has 0 heterocycles. The van der Waals surface area contributed by atoms with E-state index < -0.39 is 0 Å².